The van der Waals surface area contributed by atoms with Gasteiger partial charge in [-0.3, -0.25) is 9.52 Å². The van der Waals surface area contributed by atoms with Gasteiger partial charge in [-0.15, -0.1) is 0 Å². The molecule has 3 rings (SSSR count). The fourth-order valence-electron chi connectivity index (χ4n) is 2.11. The summed E-state index contributed by atoms with van der Waals surface area (Å²) in [5.74, 6) is -0.240. The molecule has 0 atom stereocenters. The van der Waals surface area contributed by atoms with E-state index in [1.807, 2.05) is 0 Å². The van der Waals surface area contributed by atoms with E-state index in [-0.39, 0.29) is 5.91 Å². The van der Waals surface area contributed by atoms with Crippen molar-refractivity contribution in [2.24, 2.45) is 0 Å². The monoisotopic (exact) mass is 304 g/mol. The van der Waals surface area contributed by atoms with Crippen LogP contribution in [0.3, 0.4) is 0 Å². The minimum absolute atomic E-state index is 0.240. The quantitative estimate of drug-likeness (QED) is 0.743. The van der Waals surface area contributed by atoms with Crippen LogP contribution in [0.4, 0.5) is 11.4 Å². The van der Waals surface area contributed by atoms with Crippen LogP contribution in [0.15, 0.2) is 30.7 Å². The number of fused-ring (bicyclic) bond motifs is 1. The number of hydrogen-bond acceptors (Lipinski definition) is 4. The fourth-order valence-corrected chi connectivity index (χ4v) is 2.67. The van der Waals surface area contributed by atoms with Crippen molar-refractivity contribution in [2.75, 3.05) is 16.3 Å². The summed E-state index contributed by atoms with van der Waals surface area (Å²) in [6.07, 6.45) is 5.85. The third kappa shape index (κ3) is 2.79. The van der Waals surface area contributed by atoms with Crippen LogP contribution in [0.2, 0.25) is 0 Å². The number of H-pyrrole nitrogens is 1. The minimum atomic E-state index is -3.37. The summed E-state index contributed by atoms with van der Waals surface area (Å²) >= 11 is 0. The average Bonchev–Trinajstić information content (AvgIpc) is 2.98. The molecule has 0 bridgehead atoms. The van der Waals surface area contributed by atoms with E-state index in [2.05, 4.69) is 20.0 Å². The number of imidazole rings is 1. The summed E-state index contributed by atoms with van der Waals surface area (Å²) in [5, 5.41) is 2.73. The Hall–Kier alpha value is -2.61. The molecule has 0 fully saturated rings. The van der Waals surface area contributed by atoms with E-state index in [1.54, 1.807) is 30.5 Å². The predicted octanol–water partition coefficient (Wildman–Crippen LogP) is 1.27. The number of anilines is 2. The molecule has 21 heavy (non-hydrogen) atoms. The number of benzene rings is 1. The lowest BCUT2D eigenvalue weighted by molar-refractivity contribution is -0.110. The largest absolute Gasteiger partial charge is 0.345 e. The topological polar surface area (TPSA) is 104 Å². The Morgan fingerprint density at radius 2 is 2.14 bits per heavy atom. The lowest BCUT2D eigenvalue weighted by Gasteiger charge is -2.06. The molecule has 0 saturated heterocycles. The molecule has 0 unspecified atom stereocenters. The van der Waals surface area contributed by atoms with E-state index >= 15 is 0 Å². The average molecular weight is 304 g/mol. The molecule has 108 valence electrons. The lowest BCUT2D eigenvalue weighted by atomic mass is 10.1. The maximum Gasteiger partial charge on any atom is 0.256 e. The highest BCUT2D eigenvalue weighted by molar-refractivity contribution is 7.92. The van der Waals surface area contributed by atoms with Gasteiger partial charge in [0.15, 0.2) is 0 Å². The van der Waals surface area contributed by atoms with Gasteiger partial charge in [0.05, 0.1) is 30.0 Å². The number of aromatic nitrogens is 2. The van der Waals surface area contributed by atoms with E-state index in [1.165, 1.54) is 6.33 Å². The minimum Gasteiger partial charge on any atom is -0.345 e. The van der Waals surface area contributed by atoms with Crippen LogP contribution in [0.1, 0.15) is 11.3 Å². The molecule has 0 saturated carbocycles. The number of carbonyl (C=O) groups is 1. The van der Waals surface area contributed by atoms with Crippen molar-refractivity contribution in [3.63, 3.8) is 0 Å². The molecule has 8 heteroatoms. The Morgan fingerprint density at radius 3 is 2.81 bits per heavy atom. The first-order chi connectivity index (χ1) is 9.92. The molecule has 1 aliphatic rings. The zero-order chi connectivity index (χ0) is 15.0. The first kappa shape index (κ1) is 13.4. The fraction of sp³-hybridized carbons (Fsp3) is 0.0769. The molecular formula is C13H12N4O3S. The van der Waals surface area contributed by atoms with Gasteiger partial charge >= 0.3 is 0 Å². The molecule has 0 aliphatic carbocycles. The highest BCUT2D eigenvalue weighted by Crippen LogP contribution is 2.34. The van der Waals surface area contributed by atoms with E-state index < -0.39 is 10.0 Å². The Morgan fingerprint density at radius 1 is 1.33 bits per heavy atom. The van der Waals surface area contributed by atoms with E-state index in [0.717, 1.165) is 6.26 Å². The summed E-state index contributed by atoms with van der Waals surface area (Å²) in [5.41, 5.74) is 2.83. The van der Waals surface area contributed by atoms with E-state index in [4.69, 9.17) is 0 Å². The molecule has 7 nitrogen and oxygen atoms in total. The van der Waals surface area contributed by atoms with Gasteiger partial charge in [-0.2, -0.15) is 0 Å². The zero-order valence-corrected chi connectivity index (χ0v) is 11.9. The summed E-state index contributed by atoms with van der Waals surface area (Å²) in [4.78, 5) is 18.8. The van der Waals surface area contributed by atoms with Crippen molar-refractivity contribution in [2.45, 2.75) is 0 Å². The third-order valence-corrected chi connectivity index (χ3v) is 3.53. The number of amides is 1. The standard InChI is InChI=1S/C13H12N4O3S/c1-21(19,20)17-8-2-3-12-10(4-8)11(13(18)16-12)5-9-6-14-7-15-9/h2-7,17H,1H3,(H,14,15)(H,16,18)/b11-5-. The summed E-state index contributed by atoms with van der Waals surface area (Å²) in [7, 11) is -3.37. The summed E-state index contributed by atoms with van der Waals surface area (Å²) < 4.78 is 25.0. The van der Waals surface area contributed by atoms with Gasteiger partial charge in [-0.1, -0.05) is 0 Å². The molecule has 2 aromatic rings. The van der Waals surface area contributed by atoms with Crippen molar-refractivity contribution in [1.82, 2.24) is 9.97 Å². The Labute approximate surface area is 121 Å². The molecule has 0 spiro atoms. The van der Waals surface area contributed by atoms with Crippen LogP contribution in [-0.2, 0) is 14.8 Å². The van der Waals surface area contributed by atoms with Crippen LogP contribution in [0.5, 0.6) is 0 Å². The van der Waals surface area contributed by atoms with Crippen molar-refractivity contribution < 1.29 is 13.2 Å². The SMILES string of the molecule is CS(=O)(=O)Nc1ccc2c(c1)/C(=C/c1cnc[nH]1)C(=O)N2. The van der Waals surface area contributed by atoms with Gasteiger partial charge < -0.3 is 10.3 Å². The van der Waals surface area contributed by atoms with Gasteiger partial charge in [0.2, 0.25) is 10.0 Å². The molecule has 0 radical (unpaired) electrons. The van der Waals surface area contributed by atoms with Crippen molar-refractivity contribution >= 4 is 39.0 Å². The van der Waals surface area contributed by atoms with Crippen molar-refractivity contribution in [3.05, 3.63) is 42.0 Å². The second-order valence-corrected chi connectivity index (χ2v) is 6.40. The number of sulfonamides is 1. The third-order valence-electron chi connectivity index (χ3n) is 2.93. The molecule has 1 aromatic heterocycles. The van der Waals surface area contributed by atoms with Gasteiger partial charge in [0.25, 0.3) is 5.91 Å². The van der Waals surface area contributed by atoms with Gasteiger partial charge in [0.1, 0.15) is 0 Å². The van der Waals surface area contributed by atoms with Crippen LogP contribution >= 0.6 is 0 Å². The molecule has 2 heterocycles. The maximum atomic E-state index is 12.0. The normalized spacial score (nSPS) is 15.9. The predicted molar refractivity (Wildman–Crippen MR) is 80.0 cm³/mol. The second-order valence-electron chi connectivity index (χ2n) is 4.65. The molecular weight excluding hydrogens is 292 g/mol. The first-order valence-electron chi connectivity index (χ1n) is 6.06. The molecule has 1 aromatic carbocycles. The Balaban J connectivity index is 2.05. The Bertz CT molecular complexity index is 838. The lowest BCUT2D eigenvalue weighted by Crippen LogP contribution is -2.09. The highest BCUT2D eigenvalue weighted by atomic mass is 32.2. The van der Waals surface area contributed by atoms with Crippen LogP contribution in [-0.4, -0.2) is 30.5 Å². The van der Waals surface area contributed by atoms with E-state index in [0.29, 0.717) is 28.2 Å². The molecule has 1 amide bonds. The number of aromatic amines is 1. The number of hydrogen-bond donors (Lipinski definition) is 3. The number of rotatable bonds is 3. The van der Waals surface area contributed by atoms with Crippen LogP contribution < -0.4 is 10.0 Å². The molecule has 1 aliphatic heterocycles. The van der Waals surface area contributed by atoms with E-state index in [9.17, 15) is 13.2 Å². The summed E-state index contributed by atoms with van der Waals surface area (Å²) in [6, 6.07) is 4.88. The zero-order valence-electron chi connectivity index (χ0n) is 11.0. The van der Waals surface area contributed by atoms with Crippen molar-refractivity contribution in [1.29, 1.82) is 0 Å². The summed E-state index contributed by atoms with van der Waals surface area (Å²) in [6.45, 7) is 0. The van der Waals surface area contributed by atoms with Crippen LogP contribution in [0, 0.1) is 0 Å². The smallest absolute Gasteiger partial charge is 0.256 e. The number of nitrogens with zero attached hydrogens (tertiary/aromatic N) is 1. The maximum absolute atomic E-state index is 12.0. The highest BCUT2D eigenvalue weighted by Gasteiger charge is 2.24. The number of nitrogens with one attached hydrogen (secondary N) is 3. The number of carbonyl (C=O) groups excluding carboxylic acids is 1. The molecule has 3 N–H and O–H groups in total. The van der Waals surface area contributed by atoms with Crippen LogP contribution in [0.25, 0.3) is 11.6 Å². The van der Waals surface area contributed by atoms with Gasteiger partial charge in [-0.05, 0) is 24.3 Å². The van der Waals surface area contributed by atoms with Gasteiger partial charge in [-0.25, -0.2) is 13.4 Å². The Kier molecular flexibility index (Phi) is 3.02. The van der Waals surface area contributed by atoms with Gasteiger partial charge in [0, 0.05) is 16.9 Å². The van der Waals surface area contributed by atoms with Crippen molar-refractivity contribution in [3.8, 4) is 0 Å². The second kappa shape index (κ2) is 4.74. The first-order valence-corrected chi connectivity index (χ1v) is 7.95.